The molecule has 2 fully saturated rings. The molecule has 3 aromatic rings. The minimum Gasteiger partial charge on any atom is -0.464 e. The van der Waals surface area contributed by atoms with E-state index < -0.39 is 58.2 Å². The second-order valence-electron chi connectivity index (χ2n) is 11.9. The molecule has 1 aliphatic carbocycles. The van der Waals surface area contributed by atoms with Crippen LogP contribution in [0.15, 0.2) is 54.9 Å². The third kappa shape index (κ3) is 6.56. The van der Waals surface area contributed by atoms with Crippen molar-refractivity contribution in [2.24, 2.45) is 0 Å². The maximum absolute atomic E-state index is 13.9. The molecule has 0 saturated carbocycles. The molecule has 5 amide bonds. The number of carbonyl (C=O) groups is 5. The summed E-state index contributed by atoms with van der Waals surface area (Å²) >= 11 is 0. The van der Waals surface area contributed by atoms with Crippen molar-refractivity contribution in [3.8, 4) is 11.1 Å². The summed E-state index contributed by atoms with van der Waals surface area (Å²) in [5, 5.41) is 15.7. The molecule has 2 aromatic carbocycles. The zero-order valence-corrected chi connectivity index (χ0v) is 27.0. The van der Waals surface area contributed by atoms with Crippen molar-refractivity contribution in [2.45, 2.75) is 44.0 Å². The Balaban J connectivity index is 1.21. The van der Waals surface area contributed by atoms with Crippen molar-refractivity contribution in [1.29, 1.82) is 0 Å². The third-order valence-electron chi connectivity index (χ3n) is 8.91. The van der Waals surface area contributed by atoms with Gasteiger partial charge in [-0.25, -0.2) is 23.6 Å². The molecule has 1 aromatic heterocycles. The molecule has 3 N–H and O–H groups in total. The second-order valence-corrected chi connectivity index (χ2v) is 13.6. The number of aryl methyl sites for hydroxylation is 1. The Morgan fingerprint density at radius 3 is 2.59 bits per heavy atom. The van der Waals surface area contributed by atoms with Crippen LogP contribution in [0.4, 0.5) is 14.0 Å². The molecule has 3 aliphatic rings. The first-order valence-corrected chi connectivity index (χ1v) is 16.7. The van der Waals surface area contributed by atoms with E-state index in [4.69, 9.17) is 9.84 Å². The average molecular weight is 698 g/mol. The Morgan fingerprint density at radius 1 is 1.12 bits per heavy atom. The van der Waals surface area contributed by atoms with Gasteiger partial charge in [-0.1, -0.05) is 30.3 Å². The smallest absolute Gasteiger partial charge is 0.419 e. The normalized spacial score (nSPS) is 20.4. The summed E-state index contributed by atoms with van der Waals surface area (Å²) in [5.41, 5.74) is 1.67. The topological polar surface area (TPSA) is 201 Å². The molecule has 258 valence electrons. The molecule has 3 heterocycles. The number of halogens is 1. The van der Waals surface area contributed by atoms with Crippen molar-refractivity contribution in [1.82, 2.24) is 33.9 Å². The molecule has 2 aliphatic heterocycles. The molecule has 1 spiro atoms. The molecule has 2 saturated heterocycles. The molecule has 0 radical (unpaired) electrons. The van der Waals surface area contributed by atoms with Gasteiger partial charge in [0.15, 0.2) is 0 Å². The van der Waals surface area contributed by atoms with E-state index in [1.807, 2.05) is 6.07 Å². The zero-order chi connectivity index (χ0) is 35.1. The van der Waals surface area contributed by atoms with E-state index in [9.17, 15) is 36.8 Å². The van der Waals surface area contributed by atoms with Crippen molar-refractivity contribution in [3.63, 3.8) is 0 Å². The van der Waals surface area contributed by atoms with Gasteiger partial charge in [-0.05, 0) is 41.7 Å². The highest BCUT2D eigenvalue weighted by molar-refractivity contribution is 7.87. The number of hydrogen-bond acceptors (Lipinski definition) is 9. The summed E-state index contributed by atoms with van der Waals surface area (Å²) in [7, 11) is -2.87. The number of nitrogens with one attached hydrogen (secondary N) is 2. The second kappa shape index (κ2) is 12.9. The highest BCUT2D eigenvalue weighted by atomic mass is 32.2. The van der Waals surface area contributed by atoms with Gasteiger partial charge in [0.2, 0.25) is 17.4 Å². The van der Waals surface area contributed by atoms with Crippen molar-refractivity contribution < 1.29 is 46.6 Å². The summed E-state index contributed by atoms with van der Waals surface area (Å²) in [6.45, 7) is -1.10. The van der Waals surface area contributed by atoms with Gasteiger partial charge in [-0.2, -0.15) is 17.8 Å². The number of hydrogen-bond donors (Lipinski definition) is 3. The average Bonchev–Trinajstić information content (AvgIpc) is 3.85. The molecular formula is C31H32FN7O9S. The summed E-state index contributed by atoms with van der Waals surface area (Å²) in [5.74, 6) is -2.11. The van der Waals surface area contributed by atoms with Crippen LogP contribution in [0, 0.1) is 5.82 Å². The summed E-state index contributed by atoms with van der Waals surface area (Å²) < 4.78 is 48.2. The van der Waals surface area contributed by atoms with Crippen LogP contribution in [0.1, 0.15) is 29.5 Å². The molecule has 0 bridgehead atoms. The Labute approximate surface area is 279 Å². The number of benzene rings is 2. The van der Waals surface area contributed by atoms with E-state index in [2.05, 4.69) is 10.4 Å². The lowest BCUT2D eigenvalue weighted by atomic mass is 9.93. The van der Waals surface area contributed by atoms with Crippen LogP contribution in [0.3, 0.4) is 0 Å². The Morgan fingerprint density at radius 2 is 1.88 bits per heavy atom. The first-order valence-electron chi connectivity index (χ1n) is 15.3. The van der Waals surface area contributed by atoms with E-state index in [1.54, 1.807) is 24.5 Å². The summed E-state index contributed by atoms with van der Waals surface area (Å²) in [6, 6.07) is 9.87. The number of fused-ring (bicyclic) bond motifs is 2. The molecule has 0 unspecified atom stereocenters. The van der Waals surface area contributed by atoms with Gasteiger partial charge in [0, 0.05) is 56.5 Å². The first-order chi connectivity index (χ1) is 23.3. The van der Waals surface area contributed by atoms with Crippen LogP contribution in [-0.4, -0.2) is 100 Å². The summed E-state index contributed by atoms with van der Waals surface area (Å²) in [4.78, 5) is 65.8. The monoisotopic (exact) mass is 697 g/mol. The standard InChI is InChI=1S/C31H32FN7O9S/c1-33-26(40)17-36-15-22(13-34-36)20-4-7-25-21(12-20)8-10-31(25)28(42)39(30(45)48-31)18-27(41)38(14-19-2-5-23(32)6-3-19)24-9-11-37(16-24)49(46,47)35-29(43)44/h2-7,12-13,15,24,35H,8-11,14,16-18H2,1H3,(H,33,40)(H,43,44)/t24-,31+/m0/s1. The minimum absolute atomic E-state index is 0.0465. The number of aromatic nitrogens is 2. The highest BCUT2D eigenvalue weighted by Crippen LogP contribution is 2.46. The predicted molar refractivity (Wildman–Crippen MR) is 167 cm³/mol. The highest BCUT2D eigenvalue weighted by Gasteiger charge is 2.58. The van der Waals surface area contributed by atoms with Gasteiger partial charge in [0.1, 0.15) is 18.9 Å². The fourth-order valence-corrected chi connectivity index (χ4v) is 7.51. The van der Waals surface area contributed by atoms with Gasteiger partial charge in [0.25, 0.3) is 5.91 Å². The number of ether oxygens (including phenoxy) is 1. The predicted octanol–water partition coefficient (Wildman–Crippen LogP) is 1.17. The number of imide groups is 1. The van der Waals surface area contributed by atoms with E-state index in [1.165, 1.54) is 45.6 Å². The fourth-order valence-electron chi connectivity index (χ4n) is 6.45. The van der Waals surface area contributed by atoms with E-state index in [0.717, 1.165) is 25.9 Å². The van der Waals surface area contributed by atoms with Crippen molar-refractivity contribution in [3.05, 3.63) is 77.4 Å². The Kier molecular flexibility index (Phi) is 8.84. The number of amides is 5. The lowest BCUT2D eigenvalue weighted by Gasteiger charge is -2.30. The molecule has 18 heteroatoms. The number of rotatable bonds is 10. The fraction of sp³-hybridized carbons (Fsp3) is 0.355. The number of carbonyl (C=O) groups excluding carboxylic acids is 4. The molecule has 6 rings (SSSR count). The van der Waals surface area contributed by atoms with Crippen molar-refractivity contribution in [2.75, 3.05) is 26.7 Å². The lowest BCUT2D eigenvalue weighted by Crippen LogP contribution is -2.49. The Hall–Kier alpha value is -5.36. The molecule has 49 heavy (non-hydrogen) atoms. The maximum atomic E-state index is 13.9. The van der Waals surface area contributed by atoms with Gasteiger partial charge < -0.3 is 20.1 Å². The lowest BCUT2D eigenvalue weighted by molar-refractivity contribution is -0.143. The van der Waals surface area contributed by atoms with Crippen molar-refractivity contribution >= 4 is 40.1 Å². The van der Waals surface area contributed by atoms with Crippen LogP contribution < -0.4 is 10.0 Å². The van der Waals surface area contributed by atoms with E-state index in [0.29, 0.717) is 17.5 Å². The molecule has 16 nitrogen and oxygen atoms in total. The van der Waals surface area contributed by atoms with Crippen LogP contribution in [-0.2, 0) is 54.4 Å². The number of likely N-dealkylation sites (N-methyl/N-ethyl adjacent to an activating group) is 1. The number of carboxylic acid groups (broad SMARTS) is 1. The largest absolute Gasteiger partial charge is 0.464 e. The Bertz CT molecular complexity index is 1950. The number of nitrogens with zero attached hydrogens (tertiary/aromatic N) is 5. The van der Waals surface area contributed by atoms with E-state index in [-0.39, 0.29) is 44.9 Å². The SMILES string of the molecule is CNC(=O)Cn1cc(-c2ccc3c(c2)CC[C@@]32OC(=O)N(CC(=O)N(Cc3ccc(F)cc3)[C@H]3CCN(S(=O)(=O)NC(=O)O)C3)C2=O)cn1. The van der Waals surface area contributed by atoms with Crippen LogP contribution in [0.2, 0.25) is 0 Å². The molecule has 2 atom stereocenters. The summed E-state index contributed by atoms with van der Waals surface area (Å²) in [6.07, 6.45) is 1.26. The quantitative estimate of drug-likeness (QED) is 0.276. The minimum atomic E-state index is -4.40. The first kappa shape index (κ1) is 33.5. The van der Waals surface area contributed by atoms with Crippen LogP contribution in [0.25, 0.3) is 11.1 Å². The van der Waals surface area contributed by atoms with E-state index >= 15 is 0 Å². The molecular weight excluding hydrogens is 665 g/mol. The zero-order valence-electron chi connectivity index (χ0n) is 26.2. The van der Waals surface area contributed by atoms with Crippen LogP contribution in [0.5, 0.6) is 0 Å². The van der Waals surface area contributed by atoms with Gasteiger partial charge in [-0.3, -0.25) is 19.1 Å². The van der Waals surface area contributed by atoms with Gasteiger partial charge >= 0.3 is 22.4 Å². The third-order valence-corrected chi connectivity index (χ3v) is 10.4. The van der Waals surface area contributed by atoms with Gasteiger partial charge in [0.05, 0.1) is 6.20 Å². The maximum Gasteiger partial charge on any atom is 0.419 e. The van der Waals surface area contributed by atoms with Gasteiger partial charge in [-0.15, -0.1) is 0 Å². The van der Waals surface area contributed by atoms with Crippen LogP contribution >= 0.6 is 0 Å².